The van der Waals surface area contributed by atoms with E-state index in [1.807, 2.05) is 0 Å². The van der Waals surface area contributed by atoms with Gasteiger partial charge in [0.05, 0.1) is 6.10 Å². The lowest BCUT2D eigenvalue weighted by Crippen LogP contribution is -2.22. The molecular weight excluding hydrogens is 338 g/mol. The van der Waals surface area contributed by atoms with Crippen LogP contribution in [0.5, 0.6) is 0 Å². The number of nitrogens with zero attached hydrogens (tertiary/aromatic N) is 3. The number of anilines is 1. The van der Waals surface area contributed by atoms with Gasteiger partial charge in [-0.15, -0.1) is 0 Å². The van der Waals surface area contributed by atoms with E-state index >= 15 is 0 Å². The molecule has 1 aromatic rings. The highest BCUT2D eigenvalue weighted by Crippen LogP contribution is 2.36. The van der Waals surface area contributed by atoms with E-state index in [4.69, 9.17) is 0 Å². The first-order chi connectivity index (χ1) is 12.3. The minimum absolute atomic E-state index is 0.0971. The van der Waals surface area contributed by atoms with Crippen LogP contribution in [0.3, 0.4) is 0 Å². The SMILES string of the molecule is CC(C)CCc1nc(NC2CCC(F)(F)C2)nc(C2=CC(O)CCC2)n1. The molecule has 1 heterocycles. The van der Waals surface area contributed by atoms with Gasteiger partial charge in [0, 0.05) is 25.3 Å². The maximum atomic E-state index is 13.5. The molecule has 5 nitrogen and oxygen atoms in total. The van der Waals surface area contributed by atoms with E-state index in [9.17, 15) is 13.9 Å². The number of aliphatic hydroxyl groups is 1. The number of hydrogen-bond acceptors (Lipinski definition) is 5. The van der Waals surface area contributed by atoms with Gasteiger partial charge in [-0.05, 0) is 49.7 Å². The predicted octanol–water partition coefficient (Wildman–Crippen LogP) is 3.99. The molecule has 0 radical (unpaired) electrons. The second-order valence-corrected chi connectivity index (χ2v) is 7.92. The zero-order valence-electron chi connectivity index (χ0n) is 15.5. The van der Waals surface area contributed by atoms with Crippen LogP contribution in [0.1, 0.15) is 70.4 Å². The Bertz CT molecular complexity index is 663. The van der Waals surface area contributed by atoms with Crippen LogP contribution in [0.25, 0.3) is 5.57 Å². The molecule has 1 saturated carbocycles. The summed E-state index contributed by atoms with van der Waals surface area (Å²) in [5.41, 5.74) is 0.914. The monoisotopic (exact) mass is 366 g/mol. The van der Waals surface area contributed by atoms with Gasteiger partial charge in [0.2, 0.25) is 11.9 Å². The van der Waals surface area contributed by atoms with Crippen LogP contribution in [0.4, 0.5) is 14.7 Å². The van der Waals surface area contributed by atoms with Gasteiger partial charge in [-0.25, -0.2) is 13.8 Å². The fourth-order valence-corrected chi connectivity index (χ4v) is 3.50. The zero-order chi connectivity index (χ0) is 18.7. The van der Waals surface area contributed by atoms with Gasteiger partial charge in [0.15, 0.2) is 5.82 Å². The largest absolute Gasteiger partial charge is 0.389 e. The molecule has 2 aliphatic carbocycles. The van der Waals surface area contributed by atoms with Gasteiger partial charge in [-0.3, -0.25) is 0 Å². The molecule has 0 spiro atoms. The number of aromatic nitrogens is 3. The Labute approximate surface area is 153 Å². The Morgan fingerprint density at radius 2 is 2.08 bits per heavy atom. The van der Waals surface area contributed by atoms with Crippen LogP contribution in [-0.2, 0) is 6.42 Å². The normalized spacial score (nSPS) is 25.4. The minimum Gasteiger partial charge on any atom is -0.389 e. The van der Waals surface area contributed by atoms with Gasteiger partial charge in [-0.1, -0.05) is 13.8 Å². The number of hydrogen-bond donors (Lipinski definition) is 2. The molecule has 0 saturated heterocycles. The highest BCUT2D eigenvalue weighted by Gasteiger charge is 2.39. The second-order valence-electron chi connectivity index (χ2n) is 7.92. The first-order valence-electron chi connectivity index (χ1n) is 9.59. The molecule has 144 valence electrons. The third-order valence-electron chi connectivity index (χ3n) is 4.99. The minimum atomic E-state index is -2.61. The van der Waals surface area contributed by atoms with E-state index in [1.165, 1.54) is 0 Å². The number of halogens is 2. The van der Waals surface area contributed by atoms with Crippen LogP contribution < -0.4 is 5.32 Å². The number of nitrogens with one attached hydrogen (secondary N) is 1. The van der Waals surface area contributed by atoms with Crippen molar-refractivity contribution in [2.75, 3.05) is 5.32 Å². The van der Waals surface area contributed by atoms with Gasteiger partial charge in [0.1, 0.15) is 5.82 Å². The maximum absolute atomic E-state index is 13.5. The molecule has 26 heavy (non-hydrogen) atoms. The standard InChI is InChI=1S/C19H28F2N4O/c1-12(2)6-7-16-23-17(13-4-3-5-15(26)10-13)25-18(24-16)22-14-8-9-19(20,21)11-14/h10,12,14-15,26H,3-9,11H2,1-2H3,(H,22,23,24,25). The van der Waals surface area contributed by atoms with E-state index in [-0.39, 0.29) is 18.9 Å². The fraction of sp³-hybridized carbons (Fsp3) is 0.737. The summed E-state index contributed by atoms with van der Waals surface area (Å²) in [6.07, 6.45) is 5.58. The summed E-state index contributed by atoms with van der Waals surface area (Å²) in [5.74, 6) is -0.473. The Balaban J connectivity index is 1.82. The third-order valence-corrected chi connectivity index (χ3v) is 4.99. The van der Waals surface area contributed by atoms with Crippen molar-refractivity contribution in [1.82, 2.24) is 15.0 Å². The maximum Gasteiger partial charge on any atom is 0.250 e. The van der Waals surface area contributed by atoms with Crippen molar-refractivity contribution in [3.63, 3.8) is 0 Å². The average molecular weight is 366 g/mol. The first-order valence-corrected chi connectivity index (χ1v) is 9.59. The summed E-state index contributed by atoms with van der Waals surface area (Å²) in [6.45, 7) is 4.28. The molecule has 0 aromatic carbocycles. The summed E-state index contributed by atoms with van der Waals surface area (Å²) < 4.78 is 26.9. The van der Waals surface area contributed by atoms with Crippen molar-refractivity contribution in [3.05, 3.63) is 17.7 Å². The Hall–Kier alpha value is -1.63. The van der Waals surface area contributed by atoms with Crippen molar-refractivity contribution >= 4 is 11.5 Å². The number of aliphatic hydroxyl groups excluding tert-OH is 1. The lowest BCUT2D eigenvalue weighted by atomic mass is 9.97. The number of rotatable bonds is 6. The number of allylic oxidation sites excluding steroid dienone is 1. The lowest BCUT2D eigenvalue weighted by molar-refractivity contribution is 0.00851. The molecule has 2 atom stereocenters. The Morgan fingerprint density at radius 3 is 2.73 bits per heavy atom. The molecule has 0 aliphatic heterocycles. The zero-order valence-corrected chi connectivity index (χ0v) is 15.5. The molecule has 2 N–H and O–H groups in total. The van der Waals surface area contributed by atoms with Crippen LogP contribution in [0, 0.1) is 5.92 Å². The summed E-state index contributed by atoms with van der Waals surface area (Å²) in [4.78, 5) is 13.5. The number of aryl methyl sites for hydroxylation is 1. The van der Waals surface area contributed by atoms with Crippen molar-refractivity contribution in [2.45, 2.75) is 83.3 Å². The highest BCUT2D eigenvalue weighted by atomic mass is 19.3. The average Bonchev–Trinajstić information content (AvgIpc) is 2.91. The van der Waals surface area contributed by atoms with Crippen LogP contribution in [0.2, 0.25) is 0 Å². The van der Waals surface area contributed by atoms with E-state index < -0.39 is 12.0 Å². The fourth-order valence-electron chi connectivity index (χ4n) is 3.50. The Kier molecular flexibility index (Phi) is 5.85. The topological polar surface area (TPSA) is 70.9 Å². The van der Waals surface area contributed by atoms with E-state index in [2.05, 4.69) is 34.1 Å². The van der Waals surface area contributed by atoms with E-state index in [0.29, 0.717) is 29.9 Å². The molecule has 2 unspecified atom stereocenters. The molecular formula is C19H28F2N4O. The molecule has 7 heteroatoms. The van der Waals surface area contributed by atoms with E-state index in [0.717, 1.165) is 37.7 Å². The van der Waals surface area contributed by atoms with Gasteiger partial charge >= 0.3 is 0 Å². The highest BCUT2D eigenvalue weighted by molar-refractivity contribution is 5.62. The van der Waals surface area contributed by atoms with E-state index in [1.54, 1.807) is 6.08 Å². The molecule has 1 fully saturated rings. The summed E-state index contributed by atoms with van der Waals surface area (Å²) >= 11 is 0. The lowest BCUT2D eigenvalue weighted by Gasteiger charge is -2.18. The third kappa shape index (κ3) is 5.19. The smallest absolute Gasteiger partial charge is 0.250 e. The molecule has 0 bridgehead atoms. The van der Waals surface area contributed by atoms with Gasteiger partial charge in [-0.2, -0.15) is 9.97 Å². The Morgan fingerprint density at radius 1 is 1.27 bits per heavy atom. The second kappa shape index (κ2) is 7.94. The van der Waals surface area contributed by atoms with Crippen molar-refractivity contribution in [2.24, 2.45) is 5.92 Å². The predicted molar refractivity (Wildman–Crippen MR) is 97.0 cm³/mol. The molecule has 1 aromatic heterocycles. The van der Waals surface area contributed by atoms with Gasteiger partial charge in [0.25, 0.3) is 0 Å². The van der Waals surface area contributed by atoms with Crippen molar-refractivity contribution in [3.8, 4) is 0 Å². The molecule has 2 aliphatic rings. The van der Waals surface area contributed by atoms with Gasteiger partial charge < -0.3 is 10.4 Å². The van der Waals surface area contributed by atoms with Crippen LogP contribution >= 0.6 is 0 Å². The van der Waals surface area contributed by atoms with Crippen molar-refractivity contribution in [1.29, 1.82) is 0 Å². The number of alkyl halides is 2. The first kappa shape index (κ1) is 19.1. The van der Waals surface area contributed by atoms with Crippen LogP contribution in [-0.4, -0.2) is 38.1 Å². The summed E-state index contributed by atoms with van der Waals surface area (Å²) in [6, 6.07) is -0.316. The molecule has 3 rings (SSSR count). The van der Waals surface area contributed by atoms with Crippen molar-refractivity contribution < 1.29 is 13.9 Å². The molecule has 0 amide bonds. The summed E-state index contributed by atoms with van der Waals surface area (Å²) in [5, 5.41) is 13.0. The quantitative estimate of drug-likeness (QED) is 0.797. The summed E-state index contributed by atoms with van der Waals surface area (Å²) in [7, 11) is 0. The van der Waals surface area contributed by atoms with Crippen LogP contribution in [0.15, 0.2) is 6.08 Å².